The Bertz CT molecular complexity index is 974. The Labute approximate surface area is 151 Å². The molecule has 8 heteroatoms. The number of benzene rings is 2. The minimum absolute atomic E-state index is 0.0103. The molecule has 0 unspecified atom stereocenters. The summed E-state index contributed by atoms with van der Waals surface area (Å²) in [6.45, 7) is 5.10. The first-order valence-corrected chi connectivity index (χ1v) is 9.51. The number of aryl methyl sites for hydroxylation is 2. The number of nitrogens with zero attached hydrogens (tertiary/aromatic N) is 1. The number of rotatable bonds is 6. The van der Waals surface area contributed by atoms with Crippen LogP contribution in [-0.2, 0) is 21.1 Å². The lowest BCUT2D eigenvalue weighted by molar-refractivity contribution is -0.458. The highest BCUT2D eigenvalue weighted by molar-refractivity contribution is 7.91. The summed E-state index contributed by atoms with van der Waals surface area (Å²) in [5.74, 6) is -1.57. The van der Waals surface area contributed by atoms with Gasteiger partial charge >= 0.3 is 5.88 Å². The normalized spacial score (nSPS) is 11.3. The molecule has 2 N–H and O–H groups in total. The largest absolute Gasteiger partial charge is 0.369 e. The van der Waals surface area contributed by atoms with Crippen molar-refractivity contribution in [3.05, 3.63) is 62.7 Å². The summed E-state index contributed by atoms with van der Waals surface area (Å²) in [5, 5.41) is 10.7. The number of primary amides is 1. The summed E-state index contributed by atoms with van der Waals surface area (Å²) in [6, 6.07) is 8.88. The second-order valence-corrected chi connectivity index (χ2v) is 8.14. The van der Waals surface area contributed by atoms with E-state index < -0.39 is 26.5 Å². The second kappa shape index (κ2) is 7.25. The number of carbonyl (C=O) groups excluding carboxylic acids is 1. The van der Waals surface area contributed by atoms with Gasteiger partial charge in [-0.1, -0.05) is 30.3 Å². The molecule has 0 aliphatic rings. The summed E-state index contributed by atoms with van der Waals surface area (Å²) in [4.78, 5) is 21.0. The molecule has 0 spiro atoms. The fourth-order valence-corrected chi connectivity index (χ4v) is 4.68. The molecule has 0 aromatic heterocycles. The number of carbonyl (C=O) groups is 1. The average molecular weight is 376 g/mol. The van der Waals surface area contributed by atoms with E-state index in [4.69, 9.17) is 5.73 Å². The van der Waals surface area contributed by atoms with Gasteiger partial charge in [0.2, 0.25) is 15.7 Å². The standard InChI is InChI=1S/C18H20N2O5S/c1-11-7-15(8-12(2)18(11)26(24,25)10-20(22)23)16-6-4-5-14(13(16)3)9-17(19)21/h4-8H,9-10H2,1-3H3,(H2,19,21). The molecule has 0 fully saturated rings. The van der Waals surface area contributed by atoms with E-state index in [1.807, 2.05) is 25.1 Å². The first-order chi connectivity index (χ1) is 12.0. The lowest BCUT2D eigenvalue weighted by atomic mass is 9.93. The highest BCUT2D eigenvalue weighted by atomic mass is 32.2. The smallest absolute Gasteiger partial charge is 0.305 e. The Hall–Kier alpha value is -2.74. The molecule has 0 bridgehead atoms. The van der Waals surface area contributed by atoms with Crippen LogP contribution in [0, 0.1) is 30.9 Å². The zero-order valence-corrected chi connectivity index (χ0v) is 15.6. The highest BCUT2D eigenvalue weighted by Crippen LogP contribution is 2.31. The van der Waals surface area contributed by atoms with Crippen molar-refractivity contribution >= 4 is 15.7 Å². The van der Waals surface area contributed by atoms with Gasteiger partial charge < -0.3 is 5.73 Å². The van der Waals surface area contributed by atoms with Crippen LogP contribution in [0.4, 0.5) is 0 Å². The second-order valence-electron chi connectivity index (χ2n) is 6.25. The molecule has 0 aliphatic heterocycles. The van der Waals surface area contributed by atoms with Crippen LogP contribution in [0.15, 0.2) is 35.2 Å². The van der Waals surface area contributed by atoms with Crippen molar-refractivity contribution in [2.75, 3.05) is 5.88 Å². The Balaban J connectivity index is 2.59. The maximum absolute atomic E-state index is 12.3. The summed E-state index contributed by atoms with van der Waals surface area (Å²) < 4.78 is 24.6. The summed E-state index contributed by atoms with van der Waals surface area (Å²) in [7, 11) is -4.01. The van der Waals surface area contributed by atoms with Crippen LogP contribution in [0.3, 0.4) is 0 Å². The van der Waals surface area contributed by atoms with E-state index in [2.05, 4.69) is 0 Å². The summed E-state index contributed by atoms with van der Waals surface area (Å²) in [6.07, 6.45) is 0.118. The van der Waals surface area contributed by atoms with E-state index in [0.717, 1.165) is 22.3 Å². The zero-order chi connectivity index (χ0) is 19.6. The minimum atomic E-state index is -4.01. The first kappa shape index (κ1) is 19.6. The van der Waals surface area contributed by atoms with Crippen molar-refractivity contribution in [3.63, 3.8) is 0 Å². The third kappa shape index (κ3) is 4.08. The van der Waals surface area contributed by atoms with Gasteiger partial charge in [-0.2, -0.15) is 0 Å². The molecule has 0 saturated heterocycles. The highest BCUT2D eigenvalue weighted by Gasteiger charge is 2.26. The van der Waals surface area contributed by atoms with Crippen LogP contribution >= 0.6 is 0 Å². The van der Waals surface area contributed by atoms with E-state index >= 15 is 0 Å². The number of hydrogen-bond donors (Lipinski definition) is 1. The number of nitro groups is 1. The van der Waals surface area contributed by atoms with Crippen LogP contribution in [0.2, 0.25) is 0 Å². The molecule has 2 aromatic carbocycles. The van der Waals surface area contributed by atoms with Crippen LogP contribution < -0.4 is 5.73 Å². The van der Waals surface area contributed by atoms with Gasteiger partial charge in [0.15, 0.2) is 0 Å². The SMILES string of the molecule is Cc1cc(-c2cccc(CC(N)=O)c2C)cc(C)c1S(=O)(=O)C[N+](=O)[O-]. The van der Waals surface area contributed by atoms with Crippen molar-refractivity contribution in [3.8, 4) is 11.1 Å². The lowest BCUT2D eigenvalue weighted by Crippen LogP contribution is -2.17. The summed E-state index contributed by atoms with van der Waals surface area (Å²) in [5.41, 5.74) is 9.49. The van der Waals surface area contributed by atoms with Gasteiger partial charge in [0.25, 0.3) is 0 Å². The minimum Gasteiger partial charge on any atom is -0.369 e. The van der Waals surface area contributed by atoms with Crippen LogP contribution in [0.1, 0.15) is 22.3 Å². The van der Waals surface area contributed by atoms with Crippen LogP contribution in [0.25, 0.3) is 11.1 Å². The number of amides is 1. The lowest BCUT2D eigenvalue weighted by Gasteiger charge is -2.15. The van der Waals surface area contributed by atoms with Crippen LogP contribution in [0.5, 0.6) is 0 Å². The van der Waals surface area contributed by atoms with Gasteiger partial charge in [0.1, 0.15) is 0 Å². The molecule has 0 radical (unpaired) electrons. The molecule has 26 heavy (non-hydrogen) atoms. The van der Waals surface area contributed by atoms with Gasteiger partial charge in [0.05, 0.1) is 11.3 Å². The molecule has 1 amide bonds. The van der Waals surface area contributed by atoms with E-state index in [-0.39, 0.29) is 11.3 Å². The molecule has 0 aliphatic carbocycles. The monoisotopic (exact) mass is 376 g/mol. The fourth-order valence-electron chi connectivity index (χ4n) is 3.18. The van der Waals surface area contributed by atoms with Crippen molar-refractivity contribution in [1.82, 2.24) is 0 Å². The van der Waals surface area contributed by atoms with E-state index in [1.165, 1.54) is 0 Å². The molecule has 0 heterocycles. The van der Waals surface area contributed by atoms with Gasteiger partial charge in [-0.25, -0.2) is 8.42 Å². The predicted molar refractivity (Wildman–Crippen MR) is 98.0 cm³/mol. The number of hydrogen-bond acceptors (Lipinski definition) is 5. The Kier molecular flexibility index (Phi) is 5.46. The maximum atomic E-state index is 12.3. The molecular weight excluding hydrogens is 356 g/mol. The number of nitrogens with two attached hydrogens (primary N) is 1. The molecule has 138 valence electrons. The van der Waals surface area contributed by atoms with E-state index in [9.17, 15) is 23.3 Å². The molecule has 0 atom stereocenters. The maximum Gasteiger partial charge on any atom is 0.305 e. The molecule has 0 saturated carbocycles. The zero-order valence-electron chi connectivity index (χ0n) is 14.8. The van der Waals surface area contributed by atoms with Crippen LogP contribution in [-0.4, -0.2) is 25.1 Å². The Morgan fingerprint density at radius 3 is 2.23 bits per heavy atom. The fraction of sp³-hybridized carbons (Fsp3) is 0.278. The molecular formula is C18H20N2O5S. The quantitative estimate of drug-likeness (QED) is 0.612. The van der Waals surface area contributed by atoms with Crippen molar-refractivity contribution in [2.45, 2.75) is 32.1 Å². The van der Waals surface area contributed by atoms with E-state index in [0.29, 0.717) is 11.1 Å². The topological polar surface area (TPSA) is 120 Å². The van der Waals surface area contributed by atoms with E-state index in [1.54, 1.807) is 26.0 Å². The van der Waals surface area contributed by atoms with Crippen molar-refractivity contribution in [1.29, 1.82) is 0 Å². The van der Waals surface area contributed by atoms with Crippen molar-refractivity contribution < 1.29 is 18.1 Å². The van der Waals surface area contributed by atoms with Gasteiger partial charge in [-0.05, 0) is 54.2 Å². The molecule has 2 aromatic rings. The molecule has 7 nitrogen and oxygen atoms in total. The third-order valence-electron chi connectivity index (χ3n) is 4.17. The third-order valence-corrected chi connectivity index (χ3v) is 5.99. The first-order valence-electron chi connectivity index (χ1n) is 7.86. The van der Waals surface area contributed by atoms with Gasteiger partial charge in [0, 0.05) is 4.92 Å². The van der Waals surface area contributed by atoms with Crippen molar-refractivity contribution in [2.24, 2.45) is 5.73 Å². The number of sulfone groups is 1. The average Bonchev–Trinajstić information content (AvgIpc) is 2.46. The Morgan fingerprint density at radius 2 is 1.73 bits per heavy atom. The van der Waals surface area contributed by atoms with Gasteiger partial charge in [-0.3, -0.25) is 14.9 Å². The summed E-state index contributed by atoms with van der Waals surface area (Å²) >= 11 is 0. The Morgan fingerprint density at radius 1 is 1.15 bits per heavy atom. The molecule has 2 rings (SSSR count). The predicted octanol–water partition coefficient (Wildman–Crippen LogP) is 2.31. The van der Waals surface area contributed by atoms with Gasteiger partial charge in [-0.15, -0.1) is 0 Å².